The monoisotopic (exact) mass is 430 g/mol. The maximum absolute atomic E-state index is 15.1. The number of carbonyl (C=O) groups excluding carboxylic acids is 1. The SMILES string of the molecule is N#Cc1cc(-c2cc(C3CCOCC3)cnc2N)cc(F)c1C(=O)NCc1ccccc1. The number of hydrogen-bond donors (Lipinski definition) is 2. The lowest BCUT2D eigenvalue weighted by atomic mass is 9.90. The number of nitrogens with one attached hydrogen (secondary N) is 1. The summed E-state index contributed by atoms with van der Waals surface area (Å²) in [6, 6.07) is 15.8. The molecule has 2 heterocycles. The number of anilines is 1. The van der Waals surface area contributed by atoms with Gasteiger partial charge in [0, 0.05) is 31.5 Å². The molecule has 1 aliphatic rings. The molecule has 0 saturated carbocycles. The van der Waals surface area contributed by atoms with E-state index in [4.69, 9.17) is 10.5 Å². The van der Waals surface area contributed by atoms with E-state index in [9.17, 15) is 10.1 Å². The van der Waals surface area contributed by atoms with E-state index in [2.05, 4.69) is 10.3 Å². The van der Waals surface area contributed by atoms with Crippen molar-refractivity contribution in [1.29, 1.82) is 5.26 Å². The van der Waals surface area contributed by atoms with Crippen molar-refractivity contribution in [2.45, 2.75) is 25.3 Å². The Labute approximate surface area is 185 Å². The van der Waals surface area contributed by atoms with Crippen molar-refractivity contribution in [3.05, 3.63) is 82.8 Å². The third kappa shape index (κ3) is 4.61. The number of pyridine rings is 1. The molecule has 32 heavy (non-hydrogen) atoms. The highest BCUT2D eigenvalue weighted by atomic mass is 19.1. The Hall–Kier alpha value is -3.76. The molecule has 0 aliphatic carbocycles. The number of carbonyl (C=O) groups is 1. The van der Waals surface area contributed by atoms with Gasteiger partial charge in [0.1, 0.15) is 17.7 Å². The van der Waals surface area contributed by atoms with Gasteiger partial charge in [-0.2, -0.15) is 5.26 Å². The van der Waals surface area contributed by atoms with Crippen LogP contribution >= 0.6 is 0 Å². The van der Waals surface area contributed by atoms with Crippen LogP contribution in [0.2, 0.25) is 0 Å². The second-order valence-corrected chi connectivity index (χ2v) is 7.75. The summed E-state index contributed by atoms with van der Waals surface area (Å²) in [7, 11) is 0. The van der Waals surface area contributed by atoms with Gasteiger partial charge < -0.3 is 15.8 Å². The van der Waals surface area contributed by atoms with Gasteiger partial charge in [-0.05, 0) is 53.6 Å². The lowest BCUT2D eigenvalue weighted by molar-refractivity contribution is 0.0853. The first-order chi connectivity index (χ1) is 15.6. The zero-order valence-corrected chi connectivity index (χ0v) is 17.5. The predicted molar refractivity (Wildman–Crippen MR) is 119 cm³/mol. The number of rotatable bonds is 5. The Morgan fingerprint density at radius 3 is 2.69 bits per heavy atom. The molecule has 0 unspecified atom stereocenters. The maximum Gasteiger partial charge on any atom is 0.255 e. The summed E-state index contributed by atoms with van der Waals surface area (Å²) in [5.74, 6) is -0.888. The second-order valence-electron chi connectivity index (χ2n) is 7.75. The Bertz CT molecular complexity index is 1170. The van der Waals surface area contributed by atoms with Crippen LogP contribution in [0, 0.1) is 17.1 Å². The van der Waals surface area contributed by atoms with Gasteiger partial charge in [-0.15, -0.1) is 0 Å². The molecule has 3 N–H and O–H groups in total. The van der Waals surface area contributed by atoms with Gasteiger partial charge in [0.05, 0.1) is 11.1 Å². The van der Waals surface area contributed by atoms with Crippen molar-refractivity contribution in [3.8, 4) is 17.2 Å². The lowest BCUT2D eigenvalue weighted by Gasteiger charge is -2.23. The van der Waals surface area contributed by atoms with Crippen molar-refractivity contribution < 1.29 is 13.9 Å². The van der Waals surface area contributed by atoms with Crippen LogP contribution in [0.4, 0.5) is 10.2 Å². The van der Waals surface area contributed by atoms with E-state index in [-0.39, 0.29) is 23.5 Å². The first-order valence-corrected chi connectivity index (χ1v) is 10.5. The van der Waals surface area contributed by atoms with Crippen LogP contribution in [0.1, 0.15) is 45.8 Å². The molecule has 162 valence electrons. The van der Waals surface area contributed by atoms with Crippen molar-refractivity contribution >= 4 is 11.7 Å². The molecule has 0 atom stereocenters. The Kier molecular flexibility index (Phi) is 6.43. The van der Waals surface area contributed by atoms with Crippen molar-refractivity contribution in [2.75, 3.05) is 18.9 Å². The number of nitrogens with zero attached hydrogens (tertiary/aromatic N) is 2. The van der Waals surface area contributed by atoms with Gasteiger partial charge in [-0.25, -0.2) is 9.37 Å². The van der Waals surface area contributed by atoms with E-state index in [1.165, 1.54) is 12.1 Å². The molecule has 7 heteroatoms. The zero-order chi connectivity index (χ0) is 22.5. The summed E-state index contributed by atoms with van der Waals surface area (Å²) in [6.45, 7) is 1.60. The van der Waals surface area contributed by atoms with E-state index >= 15 is 4.39 Å². The average Bonchev–Trinajstić information content (AvgIpc) is 2.83. The summed E-state index contributed by atoms with van der Waals surface area (Å²) in [5, 5.41) is 12.3. The van der Waals surface area contributed by atoms with Crippen molar-refractivity contribution in [2.24, 2.45) is 0 Å². The lowest BCUT2D eigenvalue weighted by Crippen LogP contribution is -2.25. The minimum Gasteiger partial charge on any atom is -0.383 e. The molecule has 0 radical (unpaired) electrons. The van der Waals surface area contributed by atoms with Gasteiger partial charge >= 0.3 is 0 Å². The highest BCUT2D eigenvalue weighted by Crippen LogP contribution is 2.33. The van der Waals surface area contributed by atoms with Gasteiger partial charge in [0.2, 0.25) is 0 Å². The van der Waals surface area contributed by atoms with Crippen LogP contribution in [-0.2, 0) is 11.3 Å². The molecule has 6 nitrogen and oxygen atoms in total. The van der Waals surface area contributed by atoms with Crippen molar-refractivity contribution in [1.82, 2.24) is 10.3 Å². The molecule has 0 spiro atoms. The fourth-order valence-electron chi connectivity index (χ4n) is 3.92. The number of nitriles is 1. The normalized spacial score (nSPS) is 14.0. The van der Waals surface area contributed by atoms with Crippen LogP contribution in [0.25, 0.3) is 11.1 Å². The number of halogens is 1. The standard InChI is InChI=1S/C25H23FN4O2/c26-22-12-18(21-11-20(15-29-24(21)28)17-6-8-32-9-7-17)10-19(13-27)23(22)25(31)30-14-16-4-2-1-3-5-16/h1-5,10-12,15,17H,6-9,14H2,(H2,28,29)(H,30,31). The molecule has 1 aromatic heterocycles. The van der Waals surface area contributed by atoms with E-state index in [0.29, 0.717) is 30.3 Å². The number of ether oxygens (including phenoxy) is 1. The first-order valence-electron chi connectivity index (χ1n) is 10.5. The fourth-order valence-corrected chi connectivity index (χ4v) is 3.92. The third-order valence-corrected chi connectivity index (χ3v) is 5.68. The molecule has 3 aromatic rings. The Morgan fingerprint density at radius 2 is 1.97 bits per heavy atom. The van der Waals surface area contributed by atoms with Crippen LogP contribution in [0.5, 0.6) is 0 Å². The molecule has 1 saturated heterocycles. The Balaban J connectivity index is 1.63. The largest absolute Gasteiger partial charge is 0.383 e. The number of hydrogen-bond acceptors (Lipinski definition) is 5. The molecule has 1 fully saturated rings. The summed E-state index contributed by atoms with van der Waals surface area (Å²) >= 11 is 0. The third-order valence-electron chi connectivity index (χ3n) is 5.68. The van der Waals surface area contributed by atoms with E-state index in [1.807, 2.05) is 42.5 Å². The summed E-state index contributed by atoms with van der Waals surface area (Å²) in [4.78, 5) is 16.9. The minimum absolute atomic E-state index is 0.0542. The highest BCUT2D eigenvalue weighted by Gasteiger charge is 2.22. The number of aromatic nitrogens is 1. The van der Waals surface area contributed by atoms with Crippen LogP contribution in [0.15, 0.2) is 54.7 Å². The molecule has 1 amide bonds. The van der Waals surface area contributed by atoms with Crippen LogP contribution in [0.3, 0.4) is 0 Å². The number of benzene rings is 2. The quantitative estimate of drug-likeness (QED) is 0.633. The van der Waals surface area contributed by atoms with E-state index in [1.54, 1.807) is 6.20 Å². The van der Waals surface area contributed by atoms with Gasteiger partial charge in [0.25, 0.3) is 5.91 Å². The topological polar surface area (TPSA) is 101 Å². The first kappa shape index (κ1) is 21.5. The summed E-state index contributed by atoms with van der Waals surface area (Å²) < 4.78 is 20.5. The molecular formula is C25H23FN4O2. The van der Waals surface area contributed by atoms with Gasteiger partial charge in [-0.3, -0.25) is 4.79 Å². The maximum atomic E-state index is 15.1. The summed E-state index contributed by atoms with van der Waals surface area (Å²) in [5.41, 5.74) is 8.58. The number of nitrogens with two attached hydrogens (primary N) is 1. The second kappa shape index (κ2) is 9.58. The van der Waals surface area contributed by atoms with E-state index < -0.39 is 11.7 Å². The fraction of sp³-hybridized carbons (Fsp3) is 0.240. The molecule has 4 rings (SSSR count). The van der Waals surface area contributed by atoms with Crippen LogP contribution in [-0.4, -0.2) is 24.1 Å². The van der Waals surface area contributed by atoms with Gasteiger partial charge in [-0.1, -0.05) is 30.3 Å². The minimum atomic E-state index is -0.777. The molecular weight excluding hydrogens is 407 g/mol. The van der Waals surface area contributed by atoms with E-state index in [0.717, 1.165) is 24.0 Å². The van der Waals surface area contributed by atoms with Crippen molar-refractivity contribution in [3.63, 3.8) is 0 Å². The zero-order valence-electron chi connectivity index (χ0n) is 17.5. The molecule has 1 aliphatic heterocycles. The number of amides is 1. The molecule has 2 aromatic carbocycles. The van der Waals surface area contributed by atoms with Gasteiger partial charge in [0.15, 0.2) is 0 Å². The molecule has 0 bridgehead atoms. The summed E-state index contributed by atoms with van der Waals surface area (Å²) in [6.07, 6.45) is 3.49. The smallest absolute Gasteiger partial charge is 0.255 e. The number of nitrogen functional groups attached to an aromatic ring is 1. The Morgan fingerprint density at radius 1 is 1.22 bits per heavy atom. The average molecular weight is 430 g/mol. The predicted octanol–water partition coefficient (Wildman–Crippen LogP) is 4.17. The van der Waals surface area contributed by atoms with Crippen LogP contribution < -0.4 is 11.1 Å². The highest BCUT2D eigenvalue weighted by molar-refractivity contribution is 5.97.